The van der Waals surface area contributed by atoms with Crippen LogP contribution in [-0.4, -0.2) is 124 Å². The van der Waals surface area contributed by atoms with Crippen LogP contribution in [0, 0.1) is 5.82 Å². The van der Waals surface area contributed by atoms with E-state index in [-0.39, 0.29) is 58.2 Å². The number of nitrogens with one attached hydrogen (secondary N) is 5. The van der Waals surface area contributed by atoms with Crippen LogP contribution in [-0.2, 0) is 62.5 Å². The molecule has 0 saturated heterocycles. The highest BCUT2D eigenvalue weighted by Crippen LogP contribution is 2.51. The molecule has 3 aliphatic carbocycles. The van der Waals surface area contributed by atoms with Gasteiger partial charge in [0.2, 0.25) is 5.91 Å². The van der Waals surface area contributed by atoms with Crippen molar-refractivity contribution in [3.05, 3.63) is 383 Å². The van der Waals surface area contributed by atoms with E-state index in [4.69, 9.17) is 38.4 Å². The summed E-state index contributed by atoms with van der Waals surface area (Å²) >= 11 is 0. The zero-order valence-electron chi connectivity index (χ0n) is 81.2. The summed E-state index contributed by atoms with van der Waals surface area (Å²) in [7, 11) is -1.34. The number of alkyl halides is 6. The maximum atomic E-state index is 13.4. The van der Waals surface area contributed by atoms with Crippen LogP contribution >= 0.6 is 0 Å². The highest BCUT2D eigenvalue weighted by atomic mass is 32.2. The van der Waals surface area contributed by atoms with Gasteiger partial charge in [0.05, 0.1) is 61.8 Å². The molecule has 13 aromatic rings. The summed E-state index contributed by atoms with van der Waals surface area (Å²) in [4.78, 5) is 49.2. The van der Waals surface area contributed by atoms with Crippen LogP contribution in [0.2, 0.25) is 0 Å². The summed E-state index contributed by atoms with van der Waals surface area (Å²) in [5.74, 6) is 3.07. The van der Waals surface area contributed by atoms with Crippen molar-refractivity contribution in [1.82, 2.24) is 30.5 Å². The summed E-state index contributed by atoms with van der Waals surface area (Å²) in [5, 5.41) is 26.1. The number of methoxy groups -OCH3 is 4. The molecular formula is C113H119F7N8O16S2. The molecule has 10 aromatic carbocycles. The molecular weight excluding hydrogens is 1920 g/mol. The van der Waals surface area contributed by atoms with Crippen LogP contribution in [0.4, 0.5) is 51.7 Å². The quantitative estimate of drug-likeness (QED) is 0.00818. The van der Waals surface area contributed by atoms with Crippen LogP contribution in [0.5, 0.6) is 40.2 Å². The number of carbonyl (C=O) groups is 3. The second kappa shape index (κ2) is 52.4. The number of amides is 5. The van der Waals surface area contributed by atoms with E-state index in [0.29, 0.717) is 77.9 Å². The molecule has 7 N–H and O–H groups in total. The summed E-state index contributed by atoms with van der Waals surface area (Å²) < 4.78 is 187. The number of sulfone groups is 1. The molecule has 3 saturated carbocycles. The van der Waals surface area contributed by atoms with E-state index in [2.05, 4.69) is 66.0 Å². The van der Waals surface area contributed by atoms with Crippen molar-refractivity contribution < 1.29 is 105 Å². The third-order valence-corrected chi connectivity index (χ3v) is 29.4. The largest absolute Gasteiger partial charge is 0.497 e. The summed E-state index contributed by atoms with van der Waals surface area (Å²) in [5.41, 5.74) is 7.03. The normalized spacial score (nSPS) is 14.3. The Hall–Kier alpha value is -14.4. The highest BCUT2D eigenvalue weighted by Gasteiger charge is 2.71. The number of unbranched alkanes of at least 4 members (excludes halogenated alkanes) is 1. The predicted molar refractivity (Wildman–Crippen MR) is 543 cm³/mol. The van der Waals surface area contributed by atoms with Gasteiger partial charge in [-0.1, -0.05) is 134 Å². The van der Waals surface area contributed by atoms with E-state index >= 15 is 0 Å². The number of aromatic nitrogens is 3. The number of nitrogens with zero attached hydrogens (tertiary/aromatic N) is 3. The Kier molecular flexibility index (Phi) is 39.1. The Morgan fingerprint density at radius 1 is 0.404 bits per heavy atom. The van der Waals surface area contributed by atoms with Crippen LogP contribution in [0.1, 0.15) is 187 Å². The van der Waals surface area contributed by atoms with E-state index < -0.39 is 66.5 Å². The average Bonchev–Trinajstić information content (AvgIpc) is 0.788. The minimum Gasteiger partial charge on any atom is -0.497 e. The van der Waals surface area contributed by atoms with Gasteiger partial charge in [0.25, 0.3) is 15.6 Å². The van der Waals surface area contributed by atoms with Crippen molar-refractivity contribution in [1.29, 1.82) is 0 Å². The molecule has 33 heteroatoms. The maximum absolute atomic E-state index is 13.4. The lowest BCUT2D eigenvalue weighted by molar-refractivity contribution is -0.376. The molecule has 24 nitrogen and oxygen atoms in total. The number of hydrogen-bond acceptors (Lipinski definition) is 19. The molecule has 4 unspecified atom stereocenters. The van der Waals surface area contributed by atoms with E-state index in [9.17, 15) is 67.1 Å². The fourth-order valence-electron chi connectivity index (χ4n) is 18.0. The van der Waals surface area contributed by atoms with Crippen LogP contribution in [0.25, 0.3) is 0 Å². The van der Waals surface area contributed by atoms with Gasteiger partial charge in [-0.25, -0.2) is 41.0 Å². The molecule has 3 aliphatic rings. The summed E-state index contributed by atoms with van der Waals surface area (Å²) in [6.45, 7) is 0.298. The fourth-order valence-corrected chi connectivity index (χ4v) is 20.7. The first-order valence-corrected chi connectivity index (χ1v) is 51.3. The lowest BCUT2D eigenvalue weighted by atomic mass is 9.84. The molecule has 0 aliphatic heterocycles. The monoisotopic (exact) mass is 2040 g/mol. The number of carbonyl (C=O) groups excluding carboxylic acids is 3. The average molecular weight is 2040 g/mol. The number of aryl methyl sites for hydroxylation is 1. The van der Waals surface area contributed by atoms with E-state index in [1.54, 1.807) is 136 Å². The Morgan fingerprint density at radius 2 is 0.815 bits per heavy atom. The first-order valence-electron chi connectivity index (χ1n) is 48.3. The fraction of sp³-hybridized carbons (Fsp3) is 0.310. The second-order valence-corrected chi connectivity index (χ2v) is 39.7. The first-order chi connectivity index (χ1) is 70.4. The number of aliphatic hydroxyl groups is 1. The van der Waals surface area contributed by atoms with Crippen molar-refractivity contribution >= 4 is 49.2 Å². The van der Waals surface area contributed by atoms with Crippen molar-refractivity contribution in [2.75, 3.05) is 39.1 Å². The number of hydroxylamine groups is 1. The van der Waals surface area contributed by atoms with Gasteiger partial charge in [-0.3, -0.25) is 25.0 Å². The molecule has 16 rings (SSSR count). The number of pyridine rings is 3. The summed E-state index contributed by atoms with van der Waals surface area (Å²) in [6, 6.07) is 76.9. The molecule has 3 heterocycles. The topological polar surface area (TPSA) is 323 Å². The van der Waals surface area contributed by atoms with Crippen molar-refractivity contribution in [2.24, 2.45) is 0 Å². The number of benzene rings is 10. The number of hydrogen-bond donors (Lipinski definition) is 7. The van der Waals surface area contributed by atoms with E-state index in [0.717, 1.165) is 144 Å². The number of urea groups is 2. The molecule has 146 heavy (non-hydrogen) atoms. The molecule has 0 bridgehead atoms. The maximum Gasteiger partial charge on any atom is 0.430 e. The Bertz CT molecular complexity index is 6560. The molecule has 5 amide bonds. The molecule has 0 spiro atoms. The first kappa shape index (κ1) is 109. The highest BCUT2D eigenvalue weighted by molar-refractivity contribution is 7.92. The van der Waals surface area contributed by atoms with Gasteiger partial charge >= 0.3 is 24.4 Å². The number of sulfonamides is 1. The van der Waals surface area contributed by atoms with Crippen LogP contribution < -0.4 is 59.3 Å². The number of ether oxygens (including phenoxy) is 7. The predicted octanol–water partition coefficient (Wildman–Crippen LogP) is 23.8. The van der Waals surface area contributed by atoms with Gasteiger partial charge in [-0.15, -0.1) is 0 Å². The second-order valence-electron chi connectivity index (χ2n) is 35.8. The third-order valence-electron chi connectivity index (χ3n) is 25.9. The SMILES string of the molecule is COc1ccc(C(Cc2ccncc2)c2ccc(C(O)(C(F)(F)F)C(F)(F)F)cc2)cc1OC1CCCC1.COc1ccc(C(Cc2ccncc2)c2ccc(NC(=O)NS(=O)(=O)c3ccccc3)cc2)cc1OC1CCCC1.COc1ccc(C(Cc2ccncc2)c2cccc(NC(=O)NCc3ccc(F)cc3)c2)cc1OC1CCCC1.COc1ccc(S(=O)(=O)C(CCCCc2ccccc2)CC(=O)NO)cc1. The van der Waals surface area contributed by atoms with E-state index in [1.807, 2.05) is 97.1 Å². The lowest BCUT2D eigenvalue weighted by Gasteiger charge is -2.33. The minimum atomic E-state index is -5.95. The summed E-state index contributed by atoms with van der Waals surface area (Å²) in [6.07, 6.45) is 16.1. The molecule has 3 aromatic heterocycles. The van der Waals surface area contributed by atoms with Gasteiger partial charge in [0.15, 0.2) is 44.3 Å². The Morgan fingerprint density at radius 3 is 1.24 bits per heavy atom. The Balaban J connectivity index is 0.000000165. The third kappa shape index (κ3) is 30.6. The van der Waals surface area contributed by atoms with E-state index in [1.165, 1.54) is 99.5 Å². The standard InChI is InChI=1S/C33H34FN3O3.C32H33N3O5S.C28H27F6NO3.C20H25NO5S/c1-39-31-14-11-26(21-32(31)40-29-7-2-3-8-29)30(19-23-15-17-35-18-16-23)25-5-4-6-28(20-25)37-33(38)36-22-24-9-12-27(34)13-10-24;1-39-30-16-13-25(22-31(30)40-27-7-5-6-8-27)29(21-23-17-19-33-20-18-23)24-11-14-26(15-12-24)34-32(36)35-41(37,38)28-9-3-2-4-10-28;1-37-24-11-8-20(17-25(24)38-22-4-2-3-5-22)23(16-18-12-14-35-15-13-18)19-6-9-21(10-7-19)26(36,27(29,30)31)28(32,33)34;1-26-17-11-13-18(14-12-17)27(24,25)19(15-20(22)21-23)10-6-5-9-16-7-3-2-4-8-16/h4-6,9-18,20-21,29-30H,2-3,7-8,19,22H2,1H3,(H2,36,37,38);2-4,9-20,22,27,29H,5-8,21H2,1H3,(H2,34,35,36);6-15,17,22-23,36H,2-5,16H2,1H3;2-4,7-8,11-14,19,23H,5-6,9-10,15H2,1H3,(H,21,22). The zero-order chi connectivity index (χ0) is 104. The van der Waals surface area contributed by atoms with Gasteiger partial charge in [-0.2, -0.15) is 26.3 Å². The van der Waals surface area contributed by atoms with Gasteiger partial charge in [0, 0.05) is 84.8 Å². The molecule has 3 fully saturated rings. The van der Waals surface area contributed by atoms with Gasteiger partial charge in [0.1, 0.15) is 11.6 Å². The molecule has 0 radical (unpaired) electrons. The minimum absolute atomic E-state index is 0.00302. The Labute approximate surface area is 846 Å². The lowest BCUT2D eigenvalue weighted by Crippen LogP contribution is -2.53. The molecule has 768 valence electrons. The van der Waals surface area contributed by atoms with Crippen LogP contribution in [0.15, 0.2) is 320 Å². The zero-order valence-corrected chi connectivity index (χ0v) is 82.9. The molecule has 4 atom stereocenters. The van der Waals surface area contributed by atoms with Gasteiger partial charge in [-0.05, 0) is 322 Å². The van der Waals surface area contributed by atoms with Gasteiger partial charge < -0.3 is 54.2 Å². The van der Waals surface area contributed by atoms with Crippen molar-refractivity contribution in [3.8, 4) is 40.2 Å². The smallest absolute Gasteiger partial charge is 0.430 e. The van der Waals surface area contributed by atoms with Crippen molar-refractivity contribution in [2.45, 2.75) is 204 Å². The van der Waals surface area contributed by atoms with Crippen molar-refractivity contribution in [3.63, 3.8) is 0 Å². The number of anilines is 2. The number of rotatable bonds is 38. The number of halogens is 7. The van der Waals surface area contributed by atoms with Crippen LogP contribution in [0.3, 0.4) is 0 Å².